The molecule has 3 heterocycles. The van der Waals surface area contributed by atoms with Gasteiger partial charge in [-0.2, -0.15) is 0 Å². The number of likely N-dealkylation sites (tertiary alicyclic amines) is 1. The molecule has 0 unspecified atom stereocenters. The number of aromatic carboxylic acids is 1. The first kappa shape index (κ1) is 26.8. The van der Waals surface area contributed by atoms with E-state index in [2.05, 4.69) is 14.9 Å². The molecule has 8 nitrogen and oxygen atoms in total. The number of pyridine rings is 1. The molecule has 1 saturated heterocycles. The number of piperidine rings is 1. The number of carbonyl (C=O) groups is 1. The number of methoxy groups -OCH3 is 1. The molecular formula is C28H27ClF2N4O4. The van der Waals surface area contributed by atoms with Gasteiger partial charge in [-0.05, 0) is 56.3 Å². The van der Waals surface area contributed by atoms with Gasteiger partial charge >= 0.3 is 5.97 Å². The zero-order valence-electron chi connectivity index (χ0n) is 21.2. The van der Waals surface area contributed by atoms with Crippen molar-refractivity contribution in [1.82, 2.24) is 19.4 Å². The quantitative estimate of drug-likeness (QED) is 0.278. The highest BCUT2D eigenvalue weighted by Crippen LogP contribution is 2.31. The van der Waals surface area contributed by atoms with Gasteiger partial charge in [-0.15, -0.1) is 0 Å². The Hall–Kier alpha value is -3.76. The van der Waals surface area contributed by atoms with Crippen LogP contribution in [0.2, 0.25) is 5.02 Å². The molecule has 0 spiro atoms. The minimum Gasteiger partial charge on any atom is -0.494 e. The van der Waals surface area contributed by atoms with Crippen molar-refractivity contribution in [3.63, 3.8) is 0 Å². The molecule has 5 rings (SSSR count). The molecule has 11 heteroatoms. The molecule has 0 amide bonds. The normalized spacial score (nSPS) is 14.6. The number of nitrogens with zero attached hydrogens (tertiary/aromatic N) is 4. The number of hydrogen-bond donors (Lipinski definition) is 1. The van der Waals surface area contributed by atoms with Crippen molar-refractivity contribution in [2.75, 3.05) is 20.2 Å². The topological polar surface area (TPSA) is 89.7 Å². The highest BCUT2D eigenvalue weighted by atomic mass is 35.5. The molecule has 1 fully saturated rings. The van der Waals surface area contributed by atoms with Gasteiger partial charge < -0.3 is 14.6 Å². The van der Waals surface area contributed by atoms with Gasteiger partial charge in [0.25, 0.3) is 0 Å². The summed E-state index contributed by atoms with van der Waals surface area (Å²) < 4.78 is 40.6. The molecule has 4 aromatic rings. The van der Waals surface area contributed by atoms with Gasteiger partial charge in [0.1, 0.15) is 29.5 Å². The molecule has 1 aliphatic heterocycles. The van der Waals surface area contributed by atoms with E-state index in [1.54, 1.807) is 18.2 Å². The van der Waals surface area contributed by atoms with Crippen LogP contribution in [-0.4, -0.2) is 50.7 Å². The van der Waals surface area contributed by atoms with Crippen molar-refractivity contribution in [2.45, 2.75) is 38.7 Å². The Bertz CT molecular complexity index is 1500. The number of carboxylic acid groups (broad SMARTS) is 1. The Balaban J connectivity index is 1.24. The summed E-state index contributed by atoms with van der Waals surface area (Å²) in [4.78, 5) is 22.9. The highest BCUT2D eigenvalue weighted by molar-refractivity contribution is 6.30. The van der Waals surface area contributed by atoms with Crippen molar-refractivity contribution in [1.29, 1.82) is 0 Å². The van der Waals surface area contributed by atoms with E-state index < -0.39 is 18.6 Å². The Kier molecular flexibility index (Phi) is 7.94. The number of alkyl halides is 1. The van der Waals surface area contributed by atoms with Crippen molar-refractivity contribution in [2.24, 2.45) is 0 Å². The summed E-state index contributed by atoms with van der Waals surface area (Å²) in [5.41, 5.74) is 2.14. The number of rotatable bonds is 9. The molecule has 0 aliphatic carbocycles. The van der Waals surface area contributed by atoms with Crippen LogP contribution in [0.15, 0.2) is 48.5 Å². The summed E-state index contributed by atoms with van der Waals surface area (Å²) in [6.07, 6.45) is 1.68. The Labute approximate surface area is 228 Å². The summed E-state index contributed by atoms with van der Waals surface area (Å²) in [7, 11) is 1.43. The zero-order chi connectivity index (χ0) is 27.5. The van der Waals surface area contributed by atoms with Crippen LogP contribution in [0.4, 0.5) is 8.78 Å². The van der Waals surface area contributed by atoms with E-state index >= 15 is 0 Å². The molecule has 1 N–H and O–H groups in total. The van der Waals surface area contributed by atoms with Gasteiger partial charge in [0.2, 0.25) is 5.88 Å². The lowest BCUT2D eigenvalue weighted by Gasteiger charge is -2.31. The van der Waals surface area contributed by atoms with E-state index in [1.807, 2.05) is 12.1 Å². The summed E-state index contributed by atoms with van der Waals surface area (Å²) in [5.74, 6) is -0.0941. The first-order valence-electron chi connectivity index (χ1n) is 12.5. The van der Waals surface area contributed by atoms with Gasteiger partial charge in [-0.1, -0.05) is 23.7 Å². The average molecular weight is 557 g/mol. The predicted molar refractivity (Wildman–Crippen MR) is 142 cm³/mol. The number of aromatic nitrogens is 3. The van der Waals surface area contributed by atoms with E-state index in [0.29, 0.717) is 45.6 Å². The largest absolute Gasteiger partial charge is 0.494 e. The fourth-order valence-electron chi connectivity index (χ4n) is 4.89. The lowest BCUT2D eigenvalue weighted by Crippen LogP contribution is -2.33. The van der Waals surface area contributed by atoms with E-state index in [-0.39, 0.29) is 18.1 Å². The van der Waals surface area contributed by atoms with Crippen LogP contribution in [-0.2, 0) is 20.0 Å². The lowest BCUT2D eigenvalue weighted by molar-refractivity contribution is 0.0696. The van der Waals surface area contributed by atoms with E-state index in [1.165, 1.54) is 29.9 Å². The first-order chi connectivity index (χ1) is 18.9. The van der Waals surface area contributed by atoms with Crippen LogP contribution in [0.25, 0.3) is 11.0 Å². The second-order valence-corrected chi connectivity index (χ2v) is 9.84. The van der Waals surface area contributed by atoms with Gasteiger partial charge in [0.15, 0.2) is 6.80 Å². The lowest BCUT2D eigenvalue weighted by atomic mass is 9.93. The maximum Gasteiger partial charge on any atom is 0.335 e. The van der Waals surface area contributed by atoms with Crippen LogP contribution in [0.5, 0.6) is 11.6 Å². The number of ether oxygens (including phenoxy) is 2. The van der Waals surface area contributed by atoms with Crippen molar-refractivity contribution in [3.05, 3.63) is 82.0 Å². The minimum absolute atomic E-state index is 0.0123. The Morgan fingerprint density at radius 3 is 2.64 bits per heavy atom. The third-order valence-electron chi connectivity index (χ3n) is 6.99. The highest BCUT2D eigenvalue weighted by Gasteiger charge is 2.25. The number of imidazole rings is 1. The number of benzene rings is 2. The first-order valence-corrected chi connectivity index (χ1v) is 12.9. The molecular weight excluding hydrogens is 530 g/mol. The third kappa shape index (κ3) is 5.81. The van der Waals surface area contributed by atoms with Crippen LogP contribution in [0.3, 0.4) is 0 Å². The SMILES string of the molecule is COc1cc(C(=O)O)cc2c1nc(CN1CCC(c3cccc(OCc4ccc(Cl)cc4F)n3)CC1)n2CF. The molecule has 0 saturated carbocycles. The monoisotopic (exact) mass is 556 g/mol. The van der Waals surface area contributed by atoms with Crippen LogP contribution < -0.4 is 9.47 Å². The second kappa shape index (κ2) is 11.5. The van der Waals surface area contributed by atoms with Gasteiger partial charge in [-0.25, -0.2) is 23.5 Å². The third-order valence-corrected chi connectivity index (χ3v) is 7.23. The number of hydrogen-bond acceptors (Lipinski definition) is 6. The van der Waals surface area contributed by atoms with Crippen molar-refractivity contribution < 1.29 is 28.2 Å². The van der Waals surface area contributed by atoms with Gasteiger partial charge in [-0.3, -0.25) is 9.47 Å². The minimum atomic E-state index is -1.12. The number of carboxylic acids is 1. The van der Waals surface area contributed by atoms with E-state index in [0.717, 1.165) is 31.6 Å². The standard InChI is InChI=1S/C28H27ClF2N4O4/c1-38-24-12-19(28(36)37)11-23-27(24)33-25(35(23)16-30)14-34-9-7-17(8-10-34)22-3-2-4-26(32-22)39-15-18-5-6-20(29)13-21(18)31/h2-6,11-13,17H,7-10,14-16H2,1H3,(H,36,37). The van der Waals surface area contributed by atoms with Crippen molar-refractivity contribution in [3.8, 4) is 11.6 Å². The van der Waals surface area contributed by atoms with Gasteiger partial charge in [0.05, 0.1) is 24.7 Å². The Morgan fingerprint density at radius 1 is 1.15 bits per heavy atom. The predicted octanol–water partition coefficient (Wildman–Crippen LogP) is 5.82. The maximum atomic E-state index is 14.1. The van der Waals surface area contributed by atoms with Gasteiger partial charge in [0, 0.05) is 28.3 Å². The van der Waals surface area contributed by atoms with Crippen LogP contribution in [0.1, 0.15) is 46.2 Å². The maximum absolute atomic E-state index is 14.1. The molecule has 1 aliphatic rings. The molecule has 2 aromatic heterocycles. The summed E-state index contributed by atoms with van der Waals surface area (Å²) in [6.45, 7) is 1.14. The molecule has 0 bridgehead atoms. The number of halogens is 3. The average Bonchev–Trinajstić information content (AvgIpc) is 3.29. The second-order valence-electron chi connectivity index (χ2n) is 9.40. The summed E-state index contributed by atoms with van der Waals surface area (Å²) >= 11 is 5.82. The molecule has 0 atom stereocenters. The van der Waals surface area contributed by atoms with Crippen molar-refractivity contribution >= 4 is 28.6 Å². The molecule has 39 heavy (non-hydrogen) atoms. The van der Waals surface area contributed by atoms with E-state index in [4.69, 9.17) is 21.1 Å². The molecule has 0 radical (unpaired) electrons. The van der Waals surface area contributed by atoms with Crippen LogP contribution >= 0.6 is 11.6 Å². The molecule has 2 aromatic carbocycles. The summed E-state index contributed by atoms with van der Waals surface area (Å²) in [5, 5.41) is 9.74. The fourth-order valence-corrected chi connectivity index (χ4v) is 5.05. The zero-order valence-corrected chi connectivity index (χ0v) is 22.0. The summed E-state index contributed by atoms with van der Waals surface area (Å²) in [6, 6.07) is 12.9. The van der Waals surface area contributed by atoms with E-state index in [9.17, 15) is 18.7 Å². The Morgan fingerprint density at radius 2 is 1.95 bits per heavy atom. The fraction of sp³-hybridized carbons (Fsp3) is 0.321. The van der Waals surface area contributed by atoms with Crippen LogP contribution in [0, 0.1) is 5.82 Å². The smallest absolute Gasteiger partial charge is 0.335 e. The molecule has 204 valence electrons. The number of fused-ring (bicyclic) bond motifs is 1.